The van der Waals surface area contributed by atoms with Gasteiger partial charge in [-0.2, -0.15) is 0 Å². The van der Waals surface area contributed by atoms with Crippen molar-refractivity contribution in [3.05, 3.63) is 11.8 Å². The molecule has 11 heavy (non-hydrogen) atoms. The van der Waals surface area contributed by atoms with Gasteiger partial charge in [0.15, 0.2) is 0 Å². The van der Waals surface area contributed by atoms with E-state index >= 15 is 0 Å². The molecular formula is C8H13NO2. The summed E-state index contributed by atoms with van der Waals surface area (Å²) in [5, 5.41) is 3.18. The van der Waals surface area contributed by atoms with Crippen LogP contribution in [0.4, 0.5) is 0 Å². The number of allylic oxidation sites excluding steroid dienone is 1. The molecule has 0 aliphatic heterocycles. The van der Waals surface area contributed by atoms with Crippen molar-refractivity contribution in [1.82, 2.24) is 5.32 Å². The van der Waals surface area contributed by atoms with Crippen LogP contribution in [0.5, 0.6) is 0 Å². The lowest BCUT2D eigenvalue weighted by molar-refractivity contribution is -0.134. The first-order valence-electron chi connectivity index (χ1n) is 3.75. The largest absolute Gasteiger partial charge is 0.466 e. The number of hydrogen-bond donors (Lipinski definition) is 1. The van der Waals surface area contributed by atoms with Gasteiger partial charge >= 0.3 is 5.97 Å². The number of esters is 1. The third-order valence-electron chi connectivity index (χ3n) is 1.54. The Balaban J connectivity index is 2.30. The molecule has 1 N–H and O–H groups in total. The summed E-state index contributed by atoms with van der Waals surface area (Å²) in [6, 6.07) is 0.593. The number of methoxy groups -OCH3 is 1. The fraction of sp³-hybridized carbons (Fsp3) is 0.625. The van der Waals surface area contributed by atoms with Crippen molar-refractivity contribution in [1.29, 1.82) is 0 Å². The molecule has 0 aromatic rings. The van der Waals surface area contributed by atoms with Gasteiger partial charge in [0.05, 0.1) is 7.11 Å². The van der Waals surface area contributed by atoms with E-state index in [1.54, 1.807) is 0 Å². The predicted octanol–water partition coefficient (Wildman–Crippen LogP) is 0.815. The zero-order valence-corrected chi connectivity index (χ0v) is 6.89. The average molecular weight is 155 g/mol. The molecule has 0 aromatic carbocycles. The maximum absolute atomic E-state index is 10.7. The van der Waals surface area contributed by atoms with E-state index in [0.29, 0.717) is 6.04 Å². The molecule has 0 spiro atoms. The topological polar surface area (TPSA) is 38.3 Å². The zero-order chi connectivity index (χ0) is 8.27. The van der Waals surface area contributed by atoms with Gasteiger partial charge in [0.2, 0.25) is 0 Å². The molecule has 1 saturated carbocycles. The lowest BCUT2D eigenvalue weighted by Gasteiger charge is -2.02. The summed E-state index contributed by atoms with van der Waals surface area (Å²) in [7, 11) is 1.38. The Bertz CT molecular complexity index is 183. The molecule has 1 rings (SSSR count). The molecule has 0 atom stereocenters. The smallest absolute Gasteiger partial charge is 0.332 e. The molecule has 0 aromatic heterocycles. The highest BCUT2D eigenvalue weighted by atomic mass is 16.5. The number of nitrogens with one attached hydrogen (secondary N) is 1. The highest BCUT2D eigenvalue weighted by Crippen LogP contribution is 2.19. The third kappa shape index (κ3) is 3.07. The van der Waals surface area contributed by atoms with E-state index in [1.807, 2.05) is 6.92 Å². The van der Waals surface area contributed by atoms with E-state index in [-0.39, 0.29) is 5.97 Å². The van der Waals surface area contributed by atoms with Gasteiger partial charge in [-0.1, -0.05) is 0 Å². The average Bonchev–Trinajstić information content (AvgIpc) is 2.71. The van der Waals surface area contributed by atoms with E-state index < -0.39 is 0 Å². The van der Waals surface area contributed by atoms with Crippen molar-refractivity contribution >= 4 is 5.97 Å². The molecule has 1 aliphatic rings. The van der Waals surface area contributed by atoms with Crippen LogP contribution in [0.25, 0.3) is 0 Å². The second-order valence-electron chi connectivity index (χ2n) is 2.77. The number of carbonyl (C=O) groups is 1. The molecule has 0 bridgehead atoms. The summed E-state index contributed by atoms with van der Waals surface area (Å²) in [4.78, 5) is 10.7. The first-order valence-corrected chi connectivity index (χ1v) is 3.75. The lowest BCUT2D eigenvalue weighted by Crippen LogP contribution is -2.14. The fourth-order valence-electron chi connectivity index (χ4n) is 0.827. The highest BCUT2D eigenvalue weighted by Gasteiger charge is 2.20. The molecule has 1 aliphatic carbocycles. The molecule has 0 amide bonds. The van der Waals surface area contributed by atoms with E-state index in [0.717, 1.165) is 5.70 Å². The first kappa shape index (κ1) is 8.11. The second kappa shape index (κ2) is 3.42. The van der Waals surface area contributed by atoms with Crippen molar-refractivity contribution < 1.29 is 9.53 Å². The van der Waals surface area contributed by atoms with Crippen molar-refractivity contribution in [2.75, 3.05) is 7.11 Å². The van der Waals surface area contributed by atoms with Crippen LogP contribution < -0.4 is 5.32 Å². The highest BCUT2D eigenvalue weighted by molar-refractivity contribution is 5.82. The third-order valence-corrected chi connectivity index (χ3v) is 1.54. The predicted molar refractivity (Wildman–Crippen MR) is 41.9 cm³/mol. The van der Waals surface area contributed by atoms with Gasteiger partial charge in [-0.15, -0.1) is 0 Å². The number of rotatable bonds is 3. The standard InChI is InChI=1S/C8H13NO2/c1-6(5-8(10)11-2)9-7-3-4-7/h5,7,9H,3-4H2,1-2H3. The van der Waals surface area contributed by atoms with Crippen LogP contribution in [0, 0.1) is 0 Å². The molecule has 0 heterocycles. The quantitative estimate of drug-likeness (QED) is 0.484. The maximum atomic E-state index is 10.7. The van der Waals surface area contributed by atoms with Crippen LogP contribution in [-0.4, -0.2) is 19.1 Å². The minimum absolute atomic E-state index is 0.296. The van der Waals surface area contributed by atoms with Gasteiger partial charge in [-0.05, 0) is 19.8 Å². The van der Waals surface area contributed by atoms with Crippen LogP contribution in [0.1, 0.15) is 19.8 Å². The Labute approximate surface area is 66.4 Å². The summed E-state index contributed by atoms with van der Waals surface area (Å²) >= 11 is 0. The van der Waals surface area contributed by atoms with Crippen molar-refractivity contribution in [3.8, 4) is 0 Å². The minimum Gasteiger partial charge on any atom is -0.466 e. The first-order chi connectivity index (χ1) is 5.22. The van der Waals surface area contributed by atoms with Gasteiger partial charge in [0.25, 0.3) is 0 Å². The van der Waals surface area contributed by atoms with Gasteiger partial charge in [0, 0.05) is 17.8 Å². The van der Waals surface area contributed by atoms with Gasteiger partial charge < -0.3 is 10.1 Å². The summed E-state index contributed by atoms with van der Waals surface area (Å²) in [5.74, 6) is -0.296. The van der Waals surface area contributed by atoms with Crippen molar-refractivity contribution in [2.24, 2.45) is 0 Å². The number of carbonyl (C=O) groups excluding carboxylic acids is 1. The lowest BCUT2D eigenvalue weighted by atomic mass is 10.4. The number of ether oxygens (including phenoxy) is 1. The molecular weight excluding hydrogens is 142 g/mol. The summed E-state index contributed by atoms with van der Waals surface area (Å²) in [6.07, 6.45) is 3.90. The Morgan fingerprint density at radius 1 is 1.64 bits per heavy atom. The Morgan fingerprint density at radius 3 is 2.73 bits per heavy atom. The van der Waals surface area contributed by atoms with Gasteiger partial charge in [0.1, 0.15) is 0 Å². The van der Waals surface area contributed by atoms with E-state index in [1.165, 1.54) is 26.0 Å². The Hall–Kier alpha value is -0.990. The van der Waals surface area contributed by atoms with Gasteiger partial charge in [-0.3, -0.25) is 0 Å². The van der Waals surface area contributed by atoms with Crippen LogP contribution >= 0.6 is 0 Å². The molecule has 3 heteroatoms. The fourth-order valence-corrected chi connectivity index (χ4v) is 0.827. The minimum atomic E-state index is -0.296. The Morgan fingerprint density at radius 2 is 2.27 bits per heavy atom. The number of hydrogen-bond acceptors (Lipinski definition) is 3. The van der Waals surface area contributed by atoms with E-state index in [2.05, 4.69) is 10.1 Å². The van der Waals surface area contributed by atoms with Gasteiger partial charge in [-0.25, -0.2) is 4.79 Å². The van der Waals surface area contributed by atoms with E-state index in [9.17, 15) is 4.79 Å². The molecule has 0 saturated heterocycles. The molecule has 3 nitrogen and oxygen atoms in total. The van der Waals surface area contributed by atoms with Crippen molar-refractivity contribution in [2.45, 2.75) is 25.8 Å². The molecule has 1 fully saturated rings. The van der Waals surface area contributed by atoms with Crippen LogP contribution in [0.2, 0.25) is 0 Å². The summed E-state index contributed by atoms with van der Waals surface area (Å²) in [6.45, 7) is 1.87. The van der Waals surface area contributed by atoms with E-state index in [4.69, 9.17) is 0 Å². The summed E-state index contributed by atoms with van der Waals surface area (Å²) < 4.78 is 4.47. The van der Waals surface area contributed by atoms with Crippen molar-refractivity contribution in [3.63, 3.8) is 0 Å². The molecule has 0 unspecified atom stereocenters. The maximum Gasteiger partial charge on any atom is 0.332 e. The SMILES string of the molecule is COC(=O)C=C(C)NC1CC1. The normalized spacial score (nSPS) is 17.8. The van der Waals surface area contributed by atoms with Crippen LogP contribution in [-0.2, 0) is 9.53 Å². The van der Waals surface area contributed by atoms with Crippen LogP contribution in [0.15, 0.2) is 11.8 Å². The Kier molecular flexibility index (Phi) is 2.52. The molecule has 0 radical (unpaired) electrons. The summed E-state index contributed by atoms with van der Waals surface area (Å²) in [5.41, 5.74) is 0.888. The second-order valence-corrected chi connectivity index (χ2v) is 2.77. The zero-order valence-electron chi connectivity index (χ0n) is 6.89. The van der Waals surface area contributed by atoms with Crippen LogP contribution in [0.3, 0.4) is 0 Å². The monoisotopic (exact) mass is 155 g/mol. The molecule has 62 valence electrons.